The highest BCUT2D eigenvalue weighted by molar-refractivity contribution is 5.04. The van der Waals surface area contributed by atoms with Crippen LogP contribution in [0.2, 0.25) is 0 Å². The summed E-state index contributed by atoms with van der Waals surface area (Å²) in [7, 11) is 0. The summed E-state index contributed by atoms with van der Waals surface area (Å²) in [5.41, 5.74) is 1.74. The van der Waals surface area contributed by atoms with E-state index >= 15 is 0 Å². The van der Waals surface area contributed by atoms with E-state index in [1.165, 1.54) is 77.5 Å². The zero-order valence-corrected chi connectivity index (χ0v) is 12.2. The Morgan fingerprint density at radius 3 is 2.78 bits per heavy atom. The third-order valence-corrected chi connectivity index (χ3v) is 4.69. The number of rotatable bonds is 6. The van der Waals surface area contributed by atoms with Crippen LogP contribution in [0.4, 0.5) is 0 Å². The maximum atomic E-state index is 2.64. The lowest BCUT2D eigenvalue weighted by atomic mass is 9.97. The van der Waals surface area contributed by atoms with E-state index in [1.807, 2.05) is 4.90 Å². The first-order valence-electron chi connectivity index (χ1n) is 8.23. The lowest BCUT2D eigenvalue weighted by Gasteiger charge is -2.27. The Morgan fingerprint density at radius 1 is 1.28 bits per heavy atom. The van der Waals surface area contributed by atoms with Gasteiger partial charge in [0.2, 0.25) is 0 Å². The quantitative estimate of drug-likeness (QED) is 0.656. The molecule has 2 aliphatic rings. The summed E-state index contributed by atoms with van der Waals surface area (Å²) < 4.78 is 0. The zero-order valence-electron chi connectivity index (χ0n) is 12.2. The second-order valence-corrected chi connectivity index (χ2v) is 6.22. The van der Waals surface area contributed by atoms with Crippen molar-refractivity contribution in [2.75, 3.05) is 26.2 Å². The van der Waals surface area contributed by atoms with Crippen LogP contribution in [0.15, 0.2) is 11.6 Å². The highest BCUT2D eigenvalue weighted by Gasteiger charge is 2.23. The molecule has 104 valence electrons. The molecule has 1 aliphatic heterocycles. The number of allylic oxidation sites excluding steroid dienone is 1. The van der Waals surface area contributed by atoms with E-state index in [1.54, 1.807) is 5.57 Å². The first-order valence-corrected chi connectivity index (χ1v) is 8.23. The summed E-state index contributed by atoms with van der Waals surface area (Å²) >= 11 is 0. The van der Waals surface area contributed by atoms with Crippen molar-refractivity contribution in [3.63, 3.8) is 0 Å². The minimum absolute atomic E-state index is 0.926. The Kier molecular flexibility index (Phi) is 6.22. The first kappa shape index (κ1) is 14.1. The van der Waals surface area contributed by atoms with Crippen LogP contribution in [0.3, 0.4) is 0 Å². The summed E-state index contributed by atoms with van der Waals surface area (Å²) in [6.45, 7) is 7.86. The van der Waals surface area contributed by atoms with Gasteiger partial charge < -0.3 is 10.2 Å². The highest BCUT2D eigenvalue weighted by Crippen LogP contribution is 2.18. The lowest BCUT2D eigenvalue weighted by molar-refractivity contribution is -0.913. The van der Waals surface area contributed by atoms with Gasteiger partial charge in [-0.3, -0.25) is 0 Å². The molecule has 0 aromatic rings. The van der Waals surface area contributed by atoms with E-state index < -0.39 is 0 Å². The molecule has 0 atom stereocenters. The molecule has 0 unspecified atom stereocenters. The highest BCUT2D eigenvalue weighted by atomic mass is 15.1. The van der Waals surface area contributed by atoms with Gasteiger partial charge >= 0.3 is 0 Å². The molecule has 2 nitrogen and oxygen atoms in total. The molecular weight excluding hydrogens is 220 g/mol. The Bertz CT molecular complexity index is 252. The molecule has 3 N–H and O–H groups in total. The van der Waals surface area contributed by atoms with Crippen molar-refractivity contribution in [2.24, 2.45) is 0 Å². The molecule has 0 saturated carbocycles. The van der Waals surface area contributed by atoms with Crippen LogP contribution >= 0.6 is 0 Å². The molecule has 2 rings (SSSR count). The van der Waals surface area contributed by atoms with Crippen molar-refractivity contribution in [3.8, 4) is 0 Å². The molecule has 0 aromatic carbocycles. The van der Waals surface area contributed by atoms with Crippen LogP contribution in [-0.4, -0.2) is 32.2 Å². The minimum Gasteiger partial charge on any atom is -0.343 e. The fourth-order valence-corrected chi connectivity index (χ4v) is 3.52. The predicted octanol–water partition coefficient (Wildman–Crippen LogP) is 0.898. The summed E-state index contributed by atoms with van der Waals surface area (Å²) in [4.78, 5) is 1.84. The van der Waals surface area contributed by atoms with Crippen molar-refractivity contribution in [2.45, 2.75) is 64.3 Å². The maximum absolute atomic E-state index is 2.64. The van der Waals surface area contributed by atoms with E-state index in [2.05, 4.69) is 18.3 Å². The number of nitrogens with one attached hydrogen (secondary N) is 1. The van der Waals surface area contributed by atoms with E-state index in [0.29, 0.717) is 0 Å². The third kappa shape index (κ3) is 4.74. The number of piperidine rings is 1. The molecule has 18 heavy (non-hydrogen) atoms. The van der Waals surface area contributed by atoms with E-state index in [-0.39, 0.29) is 0 Å². The zero-order chi connectivity index (χ0) is 12.6. The van der Waals surface area contributed by atoms with Crippen LogP contribution in [0, 0.1) is 0 Å². The van der Waals surface area contributed by atoms with Gasteiger partial charge in [-0.25, -0.2) is 0 Å². The van der Waals surface area contributed by atoms with Gasteiger partial charge in [0.25, 0.3) is 0 Å². The monoisotopic (exact) mass is 252 g/mol. The Labute approximate surface area is 113 Å². The average molecular weight is 252 g/mol. The minimum atomic E-state index is 0.926. The number of likely N-dealkylation sites (tertiary alicyclic amines) is 1. The molecule has 2 heteroatoms. The lowest BCUT2D eigenvalue weighted by Crippen LogP contribution is -3.14. The van der Waals surface area contributed by atoms with Gasteiger partial charge in [-0.05, 0) is 32.1 Å². The van der Waals surface area contributed by atoms with E-state index in [0.717, 1.165) is 6.04 Å². The summed E-state index contributed by atoms with van der Waals surface area (Å²) in [6.07, 6.45) is 13.7. The average Bonchev–Trinajstić information content (AvgIpc) is 2.42. The van der Waals surface area contributed by atoms with Gasteiger partial charge in [-0.2, -0.15) is 0 Å². The molecule has 1 saturated heterocycles. The molecule has 0 radical (unpaired) electrons. The Morgan fingerprint density at radius 2 is 2.11 bits per heavy atom. The van der Waals surface area contributed by atoms with Crippen LogP contribution in [0.1, 0.15) is 58.3 Å². The van der Waals surface area contributed by atoms with E-state index in [9.17, 15) is 0 Å². The summed E-state index contributed by atoms with van der Waals surface area (Å²) in [6, 6.07) is 0.926. The van der Waals surface area contributed by atoms with Crippen molar-refractivity contribution in [1.82, 2.24) is 0 Å². The van der Waals surface area contributed by atoms with E-state index in [4.69, 9.17) is 0 Å². The second-order valence-electron chi connectivity index (χ2n) is 6.22. The fourth-order valence-electron chi connectivity index (χ4n) is 3.52. The summed E-state index contributed by atoms with van der Waals surface area (Å²) in [5, 5.41) is 2.64. The van der Waals surface area contributed by atoms with Crippen LogP contribution in [-0.2, 0) is 0 Å². The topological polar surface area (TPSA) is 21.1 Å². The van der Waals surface area contributed by atoms with Gasteiger partial charge in [0.05, 0.1) is 32.2 Å². The van der Waals surface area contributed by atoms with Gasteiger partial charge in [-0.15, -0.1) is 0 Å². The number of hydrogen-bond donors (Lipinski definition) is 2. The fraction of sp³-hybridized carbons (Fsp3) is 0.875. The largest absolute Gasteiger partial charge is 0.343 e. The second kappa shape index (κ2) is 7.96. The van der Waals surface area contributed by atoms with Gasteiger partial charge in [0.1, 0.15) is 0 Å². The Balaban J connectivity index is 1.56. The molecular formula is C16H32N2+2. The molecule has 1 aliphatic carbocycles. The van der Waals surface area contributed by atoms with Crippen LogP contribution < -0.4 is 10.2 Å². The Hall–Kier alpha value is -0.340. The van der Waals surface area contributed by atoms with Crippen molar-refractivity contribution in [3.05, 3.63) is 11.6 Å². The molecule has 0 aromatic heterocycles. The smallest absolute Gasteiger partial charge is 0.0967 e. The van der Waals surface area contributed by atoms with Crippen molar-refractivity contribution < 1.29 is 10.2 Å². The van der Waals surface area contributed by atoms with Gasteiger partial charge in [0.15, 0.2) is 0 Å². The number of nitrogens with two attached hydrogens (primary N) is 1. The normalized spacial score (nSPS) is 29.1. The molecule has 0 bridgehead atoms. The standard InChI is InChI=1S/C16H30N2/c1-2-12-18-13-9-16(10-14-18)17-11-8-15-6-4-3-5-7-15/h6,16-17H,2-5,7-14H2,1H3/p+2. The molecule has 1 heterocycles. The van der Waals surface area contributed by atoms with Crippen LogP contribution in [0.25, 0.3) is 0 Å². The maximum Gasteiger partial charge on any atom is 0.0967 e. The van der Waals surface area contributed by atoms with Crippen molar-refractivity contribution in [1.29, 1.82) is 0 Å². The third-order valence-electron chi connectivity index (χ3n) is 4.69. The van der Waals surface area contributed by atoms with Crippen molar-refractivity contribution >= 4 is 0 Å². The van der Waals surface area contributed by atoms with Gasteiger partial charge in [-0.1, -0.05) is 18.6 Å². The predicted molar refractivity (Wildman–Crippen MR) is 76.8 cm³/mol. The number of hydrogen-bond acceptors (Lipinski definition) is 0. The first-order chi connectivity index (χ1) is 8.88. The molecule has 1 fully saturated rings. The van der Waals surface area contributed by atoms with Gasteiger partial charge in [0, 0.05) is 19.3 Å². The number of quaternary nitrogens is 2. The SMILES string of the molecule is CCC[NH+]1CCC([NH2+]CCC2=CCCCC2)CC1. The van der Waals surface area contributed by atoms with Crippen LogP contribution in [0.5, 0.6) is 0 Å². The summed E-state index contributed by atoms with van der Waals surface area (Å²) in [5.74, 6) is 0. The molecule has 0 spiro atoms. The molecule has 0 amide bonds.